The van der Waals surface area contributed by atoms with Gasteiger partial charge in [0.2, 0.25) is 0 Å². The van der Waals surface area contributed by atoms with E-state index in [-0.39, 0.29) is 5.91 Å². The van der Waals surface area contributed by atoms with E-state index >= 15 is 0 Å². The van der Waals surface area contributed by atoms with Crippen LogP contribution in [0.25, 0.3) is 0 Å². The van der Waals surface area contributed by atoms with Crippen LogP contribution in [0.3, 0.4) is 0 Å². The fourth-order valence-corrected chi connectivity index (χ4v) is 1.99. The van der Waals surface area contributed by atoms with Crippen molar-refractivity contribution in [3.8, 4) is 0 Å². The number of hydrogen-bond donors (Lipinski definition) is 2. The topological polar surface area (TPSA) is 54.0 Å². The van der Waals surface area contributed by atoms with Gasteiger partial charge in [-0.2, -0.15) is 0 Å². The highest BCUT2D eigenvalue weighted by Crippen LogP contribution is 2.33. The lowest BCUT2D eigenvalue weighted by atomic mass is 10.2. The van der Waals surface area contributed by atoms with Crippen LogP contribution in [0.5, 0.6) is 0 Å². The van der Waals surface area contributed by atoms with E-state index in [0.717, 1.165) is 37.5 Å². The Labute approximate surface area is 115 Å². The lowest BCUT2D eigenvalue weighted by Crippen LogP contribution is -2.25. The predicted octanol–water partition coefficient (Wildman–Crippen LogP) is 2.82. The Hall–Kier alpha value is -1.58. The molecule has 0 radical (unpaired) electrons. The van der Waals surface area contributed by atoms with Gasteiger partial charge in [-0.05, 0) is 37.3 Å². The molecule has 1 aliphatic rings. The number of hydrogen-bond acceptors (Lipinski definition) is 3. The van der Waals surface area contributed by atoms with Crippen LogP contribution < -0.4 is 10.6 Å². The Morgan fingerprint density at radius 3 is 2.84 bits per heavy atom. The van der Waals surface area contributed by atoms with Crippen molar-refractivity contribution < 1.29 is 4.79 Å². The van der Waals surface area contributed by atoms with Gasteiger partial charge in [0.05, 0.1) is 11.9 Å². The summed E-state index contributed by atoms with van der Waals surface area (Å²) in [4.78, 5) is 16.0. The molecule has 4 heteroatoms. The van der Waals surface area contributed by atoms with Crippen molar-refractivity contribution >= 4 is 11.6 Å². The van der Waals surface area contributed by atoms with Gasteiger partial charge >= 0.3 is 0 Å². The van der Waals surface area contributed by atoms with E-state index in [9.17, 15) is 4.79 Å². The molecule has 1 saturated carbocycles. The van der Waals surface area contributed by atoms with E-state index in [0.29, 0.717) is 5.69 Å². The van der Waals surface area contributed by atoms with Crippen molar-refractivity contribution in [2.45, 2.75) is 39.0 Å². The fraction of sp³-hybridized carbons (Fsp3) is 0.600. The number of pyridine rings is 1. The third-order valence-electron chi connectivity index (χ3n) is 3.35. The van der Waals surface area contributed by atoms with Crippen LogP contribution in [0.2, 0.25) is 0 Å². The van der Waals surface area contributed by atoms with Crippen LogP contribution in [0.1, 0.15) is 49.5 Å². The highest BCUT2D eigenvalue weighted by Gasteiger charge is 2.20. The monoisotopic (exact) mass is 261 g/mol. The number of carbonyl (C=O) groups is 1. The second-order valence-corrected chi connectivity index (χ2v) is 5.20. The summed E-state index contributed by atoms with van der Waals surface area (Å²) in [7, 11) is 0. The Balaban J connectivity index is 1.71. The molecule has 1 aliphatic carbocycles. The zero-order chi connectivity index (χ0) is 13.5. The van der Waals surface area contributed by atoms with E-state index in [1.807, 2.05) is 6.07 Å². The lowest BCUT2D eigenvalue weighted by molar-refractivity contribution is 0.0948. The molecule has 0 aromatic carbocycles. The lowest BCUT2D eigenvalue weighted by Gasteiger charge is -2.06. The summed E-state index contributed by atoms with van der Waals surface area (Å²) in [5, 5.41) is 6.16. The van der Waals surface area contributed by atoms with Gasteiger partial charge < -0.3 is 10.6 Å². The van der Waals surface area contributed by atoms with Crippen LogP contribution in [-0.4, -0.2) is 24.0 Å². The molecule has 4 nitrogen and oxygen atoms in total. The van der Waals surface area contributed by atoms with Crippen LogP contribution in [0.4, 0.5) is 5.69 Å². The normalized spacial score (nSPS) is 14.2. The molecule has 1 aromatic heterocycles. The Morgan fingerprint density at radius 1 is 1.37 bits per heavy atom. The zero-order valence-corrected chi connectivity index (χ0v) is 11.6. The fourth-order valence-electron chi connectivity index (χ4n) is 1.99. The summed E-state index contributed by atoms with van der Waals surface area (Å²) in [5.41, 5.74) is 1.46. The molecule has 0 aliphatic heterocycles. The third-order valence-corrected chi connectivity index (χ3v) is 3.35. The number of aromatic nitrogens is 1. The Morgan fingerprint density at radius 2 is 2.21 bits per heavy atom. The summed E-state index contributed by atoms with van der Waals surface area (Å²) in [6.07, 6.45) is 7.86. The second kappa shape index (κ2) is 7.12. The first-order valence-corrected chi connectivity index (χ1v) is 7.27. The molecule has 19 heavy (non-hydrogen) atoms. The first-order chi connectivity index (χ1) is 9.29. The smallest absolute Gasteiger partial charge is 0.269 e. The second-order valence-electron chi connectivity index (χ2n) is 5.20. The molecule has 1 aromatic rings. The minimum Gasteiger partial charge on any atom is -0.384 e. The SMILES string of the molecule is CCCNc1ccc(C(=O)NCCCC2CC2)nc1. The minimum atomic E-state index is -0.0714. The summed E-state index contributed by atoms with van der Waals surface area (Å²) in [6, 6.07) is 3.68. The van der Waals surface area contributed by atoms with Crippen LogP contribution >= 0.6 is 0 Å². The van der Waals surface area contributed by atoms with E-state index < -0.39 is 0 Å². The van der Waals surface area contributed by atoms with E-state index in [1.165, 1.54) is 19.3 Å². The first kappa shape index (κ1) is 13.8. The Bertz CT molecular complexity index is 398. The zero-order valence-electron chi connectivity index (χ0n) is 11.6. The molecule has 2 rings (SSSR count). The van der Waals surface area contributed by atoms with Gasteiger partial charge in [-0.3, -0.25) is 4.79 Å². The molecule has 0 saturated heterocycles. The average molecular weight is 261 g/mol. The van der Waals surface area contributed by atoms with Crippen molar-refractivity contribution in [2.24, 2.45) is 5.92 Å². The third kappa shape index (κ3) is 4.89. The summed E-state index contributed by atoms with van der Waals surface area (Å²) in [5.74, 6) is 0.858. The number of nitrogens with one attached hydrogen (secondary N) is 2. The van der Waals surface area contributed by atoms with Crippen LogP contribution in [0, 0.1) is 5.92 Å². The molecule has 1 fully saturated rings. The predicted molar refractivity (Wildman–Crippen MR) is 77.3 cm³/mol. The molecule has 0 spiro atoms. The van der Waals surface area contributed by atoms with E-state index in [1.54, 1.807) is 12.3 Å². The average Bonchev–Trinajstić information content (AvgIpc) is 3.26. The number of nitrogens with zero attached hydrogens (tertiary/aromatic N) is 1. The minimum absolute atomic E-state index is 0.0714. The molecule has 2 N–H and O–H groups in total. The molecule has 0 bridgehead atoms. The van der Waals surface area contributed by atoms with Crippen molar-refractivity contribution in [1.29, 1.82) is 0 Å². The van der Waals surface area contributed by atoms with Gasteiger partial charge in [0.15, 0.2) is 0 Å². The summed E-state index contributed by atoms with van der Waals surface area (Å²) in [6.45, 7) is 3.80. The number of amides is 1. The molecular formula is C15H23N3O. The molecule has 0 atom stereocenters. The maximum Gasteiger partial charge on any atom is 0.269 e. The largest absolute Gasteiger partial charge is 0.384 e. The van der Waals surface area contributed by atoms with Gasteiger partial charge in [0, 0.05) is 13.1 Å². The maximum absolute atomic E-state index is 11.8. The standard InChI is InChI=1S/C15H23N3O/c1-2-9-16-13-7-8-14(18-11-13)15(19)17-10-3-4-12-5-6-12/h7-8,11-12,16H,2-6,9-10H2,1H3,(H,17,19). The molecule has 0 unspecified atom stereocenters. The van der Waals surface area contributed by atoms with E-state index in [4.69, 9.17) is 0 Å². The molecule has 1 heterocycles. The van der Waals surface area contributed by atoms with Crippen LogP contribution in [0.15, 0.2) is 18.3 Å². The number of anilines is 1. The number of carbonyl (C=O) groups excluding carboxylic acids is 1. The molecular weight excluding hydrogens is 238 g/mol. The summed E-state index contributed by atoms with van der Waals surface area (Å²) >= 11 is 0. The highest BCUT2D eigenvalue weighted by molar-refractivity contribution is 5.92. The Kier molecular flexibility index (Phi) is 5.19. The molecule has 104 valence electrons. The van der Waals surface area contributed by atoms with Gasteiger partial charge in [0.1, 0.15) is 5.69 Å². The maximum atomic E-state index is 11.8. The molecule has 1 amide bonds. The van der Waals surface area contributed by atoms with Gasteiger partial charge in [0.25, 0.3) is 5.91 Å². The van der Waals surface area contributed by atoms with Gasteiger partial charge in [-0.1, -0.05) is 19.8 Å². The van der Waals surface area contributed by atoms with Crippen molar-refractivity contribution in [3.63, 3.8) is 0 Å². The van der Waals surface area contributed by atoms with Crippen molar-refractivity contribution in [3.05, 3.63) is 24.0 Å². The van der Waals surface area contributed by atoms with Gasteiger partial charge in [-0.25, -0.2) is 4.98 Å². The highest BCUT2D eigenvalue weighted by atomic mass is 16.1. The van der Waals surface area contributed by atoms with Crippen molar-refractivity contribution in [1.82, 2.24) is 10.3 Å². The summed E-state index contributed by atoms with van der Waals surface area (Å²) < 4.78 is 0. The number of rotatable bonds is 8. The van der Waals surface area contributed by atoms with Gasteiger partial charge in [-0.15, -0.1) is 0 Å². The van der Waals surface area contributed by atoms with E-state index in [2.05, 4.69) is 22.5 Å². The first-order valence-electron chi connectivity index (χ1n) is 7.27. The quantitative estimate of drug-likeness (QED) is 0.707. The van der Waals surface area contributed by atoms with Crippen LogP contribution in [-0.2, 0) is 0 Å². The van der Waals surface area contributed by atoms with Crippen molar-refractivity contribution in [2.75, 3.05) is 18.4 Å².